The first-order chi connectivity index (χ1) is 10.8. The van der Waals surface area contributed by atoms with E-state index in [1.807, 2.05) is 6.92 Å². The number of rotatable bonds is 9. The maximum atomic E-state index is 12.3. The first-order valence-electron chi connectivity index (χ1n) is 7.10. The van der Waals surface area contributed by atoms with E-state index in [2.05, 4.69) is 10.0 Å². The Morgan fingerprint density at radius 1 is 1.35 bits per heavy atom. The quantitative estimate of drug-likeness (QED) is 0.641. The van der Waals surface area contributed by atoms with Crippen molar-refractivity contribution in [3.63, 3.8) is 0 Å². The maximum Gasteiger partial charge on any atom is 0.242 e. The zero-order chi connectivity index (χ0) is 17.5. The van der Waals surface area contributed by atoms with Crippen LogP contribution in [0.3, 0.4) is 0 Å². The van der Waals surface area contributed by atoms with Crippen molar-refractivity contribution in [2.45, 2.75) is 31.2 Å². The highest BCUT2D eigenvalue weighted by Gasteiger charge is 2.24. The molecule has 6 nitrogen and oxygen atoms in total. The third-order valence-corrected chi connectivity index (χ3v) is 5.13. The number of carbonyl (C=O) groups is 1. The Morgan fingerprint density at radius 2 is 2.04 bits per heavy atom. The van der Waals surface area contributed by atoms with Crippen molar-refractivity contribution in [1.82, 2.24) is 10.0 Å². The van der Waals surface area contributed by atoms with E-state index < -0.39 is 22.0 Å². The molecule has 0 unspecified atom stereocenters. The van der Waals surface area contributed by atoms with Crippen LogP contribution < -0.4 is 10.0 Å². The van der Waals surface area contributed by atoms with E-state index in [4.69, 9.17) is 27.9 Å². The minimum atomic E-state index is -3.95. The van der Waals surface area contributed by atoms with E-state index in [1.165, 1.54) is 25.1 Å². The largest absolute Gasteiger partial charge is 0.382 e. The Morgan fingerprint density at radius 3 is 2.70 bits per heavy atom. The van der Waals surface area contributed by atoms with E-state index in [0.29, 0.717) is 26.2 Å². The van der Waals surface area contributed by atoms with Crippen LogP contribution in [0.25, 0.3) is 0 Å². The molecule has 0 aliphatic carbocycles. The fourth-order valence-electron chi connectivity index (χ4n) is 1.72. The lowest BCUT2D eigenvalue weighted by molar-refractivity contribution is -0.122. The molecule has 0 bridgehead atoms. The van der Waals surface area contributed by atoms with Gasteiger partial charge in [-0.05, 0) is 38.5 Å². The van der Waals surface area contributed by atoms with Gasteiger partial charge in [0.15, 0.2) is 0 Å². The molecule has 0 aromatic heterocycles. The Hall–Kier alpha value is -0.860. The van der Waals surface area contributed by atoms with Gasteiger partial charge in [-0.2, -0.15) is 4.72 Å². The molecule has 0 aliphatic heterocycles. The molecule has 0 radical (unpaired) electrons. The van der Waals surface area contributed by atoms with Crippen molar-refractivity contribution in [3.8, 4) is 0 Å². The molecule has 1 aromatic carbocycles. The van der Waals surface area contributed by atoms with Gasteiger partial charge in [-0.1, -0.05) is 23.2 Å². The number of hydrogen-bond donors (Lipinski definition) is 2. The van der Waals surface area contributed by atoms with Gasteiger partial charge in [0.1, 0.15) is 4.90 Å². The average Bonchev–Trinajstić information content (AvgIpc) is 2.48. The molecule has 0 heterocycles. The minimum absolute atomic E-state index is 0.0335. The summed E-state index contributed by atoms with van der Waals surface area (Å²) in [5.74, 6) is -0.428. The van der Waals surface area contributed by atoms with Crippen LogP contribution in [0.2, 0.25) is 10.0 Å². The van der Waals surface area contributed by atoms with Crippen molar-refractivity contribution < 1.29 is 17.9 Å². The lowest BCUT2D eigenvalue weighted by Crippen LogP contribution is -2.45. The predicted octanol–water partition coefficient (Wildman–Crippen LogP) is 2.20. The molecule has 1 aromatic rings. The molecule has 9 heteroatoms. The monoisotopic (exact) mass is 382 g/mol. The number of sulfonamides is 1. The Bertz CT molecular complexity index is 638. The summed E-state index contributed by atoms with van der Waals surface area (Å²) in [7, 11) is -3.95. The number of nitrogens with one attached hydrogen (secondary N) is 2. The number of ether oxygens (including phenoxy) is 1. The lowest BCUT2D eigenvalue weighted by atomic mass is 10.3. The minimum Gasteiger partial charge on any atom is -0.382 e. The van der Waals surface area contributed by atoms with Gasteiger partial charge in [-0.15, -0.1) is 0 Å². The van der Waals surface area contributed by atoms with Crippen LogP contribution in [0.1, 0.15) is 20.3 Å². The summed E-state index contributed by atoms with van der Waals surface area (Å²) in [4.78, 5) is 11.7. The molecule has 1 amide bonds. The third-order valence-electron chi connectivity index (χ3n) is 2.88. The van der Waals surface area contributed by atoms with Crippen LogP contribution in [0.5, 0.6) is 0 Å². The predicted molar refractivity (Wildman–Crippen MR) is 90.4 cm³/mol. The van der Waals surface area contributed by atoms with Crippen molar-refractivity contribution in [2.24, 2.45) is 0 Å². The van der Waals surface area contributed by atoms with Crippen molar-refractivity contribution in [2.75, 3.05) is 19.8 Å². The molecule has 0 aliphatic rings. The van der Waals surface area contributed by atoms with Gasteiger partial charge in [0.05, 0.1) is 11.1 Å². The highest BCUT2D eigenvalue weighted by molar-refractivity contribution is 7.89. The summed E-state index contributed by atoms with van der Waals surface area (Å²) in [5.41, 5.74) is 0. The van der Waals surface area contributed by atoms with Gasteiger partial charge < -0.3 is 10.1 Å². The first kappa shape index (κ1) is 20.2. The fraction of sp³-hybridized carbons (Fsp3) is 0.500. The molecule has 0 fully saturated rings. The fourth-order valence-corrected chi connectivity index (χ4v) is 3.68. The summed E-state index contributed by atoms with van der Waals surface area (Å²) in [6, 6.07) is 3.16. The van der Waals surface area contributed by atoms with Gasteiger partial charge in [0.2, 0.25) is 15.9 Å². The molecular weight excluding hydrogens is 363 g/mol. The summed E-state index contributed by atoms with van der Waals surface area (Å²) in [5, 5.41) is 2.91. The normalized spacial score (nSPS) is 12.9. The van der Waals surface area contributed by atoms with Gasteiger partial charge in [0.25, 0.3) is 0 Å². The van der Waals surface area contributed by atoms with Crippen LogP contribution >= 0.6 is 23.2 Å². The van der Waals surface area contributed by atoms with Crippen LogP contribution in [0, 0.1) is 0 Å². The summed E-state index contributed by atoms with van der Waals surface area (Å²) in [6.45, 7) is 4.90. The second-order valence-corrected chi connectivity index (χ2v) is 7.29. The maximum absolute atomic E-state index is 12.3. The van der Waals surface area contributed by atoms with Crippen LogP contribution in [0.4, 0.5) is 0 Å². The summed E-state index contributed by atoms with van der Waals surface area (Å²) >= 11 is 11.7. The molecule has 0 saturated heterocycles. The molecule has 1 atom stereocenters. The van der Waals surface area contributed by atoms with Crippen molar-refractivity contribution in [1.29, 1.82) is 0 Å². The van der Waals surface area contributed by atoms with E-state index in [9.17, 15) is 13.2 Å². The van der Waals surface area contributed by atoms with E-state index >= 15 is 0 Å². The van der Waals surface area contributed by atoms with Gasteiger partial charge in [-0.25, -0.2) is 8.42 Å². The van der Waals surface area contributed by atoms with Crippen LogP contribution in [-0.4, -0.2) is 40.1 Å². The first-order valence-corrected chi connectivity index (χ1v) is 9.34. The number of benzene rings is 1. The van der Waals surface area contributed by atoms with E-state index in [1.54, 1.807) is 0 Å². The SMILES string of the molecule is CCOCCCNC(=O)[C@@H](C)NS(=O)(=O)c1cc(Cl)ccc1Cl. The van der Waals surface area contributed by atoms with Crippen molar-refractivity contribution in [3.05, 3.63) is 28.2 Å². The molecule has 130 valence electrons. The molecular formula is C14H20Cl2N2O4S. The zero-order valence-corrected chi connectivity index (χ0v) is 15.3. The topological polar surface area (TPSA) is 84.5 Å². The summed E-state index contributed by atoms with van der Waals surface area (Å²) < 4.78 is 32.0. The molecule has 23 heavy (non-hydrogen) atoms. The van der Waals surface area contributed by atoms with Gasteiger partial charge in [0, 0.05) is 24.8 Å². The molecule has 1 rings (SSSR count). The number of amides is 1. The standard InChI is InChI=1S/C14H20Cl2N2O4S/c1-3-22-8-4-7-17-14(19)10(2)18-23(20,21)13-9-11(15)5-6-12(13)16/h5-6,9-10,18H,3-4,7-8H2,1-2H3,(H,17,19)/t10-/m1/s1. The smallest absolute Gasteiger partial charge is 0.242 e. The second kappa shape index (κ2) is 9.44. The Balaban J connectivity index is 2.62. The molecule has 2 N–H and O–H groups in total. The lowest BCUT2D eigenvalue weighted by Gasteiger charge is -2.15. The number of carbonyl (C=O) groups excluding carboxylic acids is 1. The highest BCUT2D eigenvalue weighted by Crippen LogP contribution is 2.24. The highest BCUT2D eigenvalue weighted by atomic mass is 35.5. The van der Waals surface area contributed by atoms with Gasteiger partial charge in [-0.3, -0.25) is 4.79 Å². The number of hydrogen-bond acceptors (Lipinski definition) is 4. The van der Waals surface area contributed by atoms with Crippen molar-refractivity contribution >= 4 is 39.1 Å². The van der Waals surface area contributed by atoms with E-state index in [0.717, 1.165) is 0 Å². The average molecular weight is 383 g/mol. The van der Waals surface area contributed by atoms with Crippen LogP contribution in [-0.2, 0) is 19.6 Å². The second-order valence-electron chi connectivity index (χ2n) is 4.76. The Kier molecular flexibility index (Phi) is 8.28. The van der Waals surface area contributed by atoms with Gasteiger partial charge >= 0.3 is 0 Å². The third kappa shape index (κ3) is 6.64. The zero-order valence-electron chi connectivity index (χ0n) is 12.9. The molecule has 0 spiro atoms. The van der Waals surface area contributed by atoms with E-state index in [-0.39, 0.29) is 14.9 Å². The molecule has 0 saturated carbocycles. The Labute approximate surface area is 146 Å². The number of halogens is 2. The summed E-state index contributed by atoms with van der Waals surface area (Å²) in [6.07, 6.45) is 0.652. The van der Waals surface area contributed by atoms with Crippen LogP contribution in [0.15, 0.2) is 23.1 Å².